The molecule has 2 aromatic rings. The quantitative estimate of drug-likeness (QED) is 0.850. The minimum Gasteiger partial charge on any atom is -0.478 e. The molecule has 1 heterocycles. The summed E-state index contributed by atoms with van der Waals surface area (Å²) in [6.45, 7) is 0. The molecule has 2 rings (SSSR count). The third-order valence-corrected chi connectivity index (χ3v) is 2.62. The van der Waals surface area contributed by atoms with Crippen molar-refractivity contribution in [2.24, 2.45) is 0 Å². The number of carbonyl (C=O) groups is 1. The zero-order chi connectivity index (χ0) is 13.3. The van der Waals surface area contributed by atoms with E-state index >= 15 is 0 Å². The van der Waals surface area contributed by atoms with E-state index < -0.39 is 17.6 Å². The molecule has 0 amide bonds. The first-order chi connectivity index (χ1) is 8.49. The van der Waals surface area contributed by atoms with Crippen LogP contribution in [0, 0.1) is 11.6 Å². The molecular formula is C12H6ClF2NO2. The zero-order valence-corrected chi connectivity index (χ0v) is 9.58. The summed E-state index contributed by atoms with van der Waals surface area (Å²) in [5.41, 5.74) is 0.429. The van der Waals surface area contributed by atoms with Crippen LogP contribution in [0.1, 0.15) is 10.4 Å². The third-order valence-electron chi connectivity index (χ3n) is 2.31. The SMILES string of the molecule is O=C(O)c1cncc(-c2cc(F)c(F)cc2Cl)c1. The summed E-state index contributed by atoms with van der Waals surface area (Å²) in [6, 6.07) is 3.02. The number of pyridine rings is 1. The number of rotatable bonds is 2. The van der Waals surface area contributed by atoms with Crippen molar-refractivity contribution in [3.05, 3.63) is 52.8 Å². The molecule has 0 saturated carbocycles. The second-order valence-electron chi connectivity index (χ2n) is 3.51. The van der Waals surface area contributed by atoms with Gasteiger partial charge in [0.2, 0.25) is 0 Å². The summed E-state index contributed by atoms with van der Waals surface area (Å²) in [7, 11) is 0. The van der Waals surface area contributed by atoms with E-state index in [2.05, 4.69) is 4.98 Å². The minimum atomic E-state index is -1.16. The number of hydrogen-bond acceptors (Lipinski definition) is 2. The van der Waals surface area contributed by atoms with Crippen LogP contribution >= 0.6 is 11.6 Å². The Hall–Kier alpha value is -2.01. The maximum atomic E-state index is 13.1. The van der Waals surface area contributed by atoms with Gasteiger partial charge < -0.3 is 5.11 Å². The average molecular weight is 270 g/mol. The number of nitrogens with zero attached hydrogens (tertiary/aromatic N) is 1. The first kappa shape index (κ1) is 12.4. The summed E-state index contributed by atoms with van der Waals surface area (Å²) in [5, 5.41) is 8.80. The Labute approximate surface area is 106 Å². The van der Waals surface area contributed by atoms with E-state index in [1.807, 2.05) is 0 Å². The molecule has 0 unspecified atom stereocenters. The molecule has 0 aliphatic heterocycles. The normalized spacial score (nSPS) is 10.4. The van der Waals surface area contributed by atoms with Gasteiger partial charge in [-0.05, 0) is 18.2 Å². The van der Waals surface area contributed by atoms with Crippen molar-refractivity contribution in [1.29, 1.82) is 0 Å². The molecule has 0 atom stereocenters. The van der Waals surface area contributed by atoms with Gasteiger partial charge in [-0.1, -0.05) is 11.6 Å². The van der Waals surface area contributed by atoms with Crippen molar-refractivity contribution in [2.45, 2.75) is 0 Å². The van der Waals surface area contributed by atoms with Gasteiger partial charge in [-0.15, -0.1) is 0 Å². The van der Waals surface area contributed by atoms with Crippen molar-refractivity contribution >= 4 is 17.6 Å². The Balaban J connectivity index is 2.58. The van der Waals surface area contributed by atoms with Crippen molar-refractivity contribution in [2.75, 3.05) is 0 Å². The van der Waals surface area contributed by atoms with Crippen LogP contribution < -0.4 is 0 Å². The van der Waals surface area contributed by atoms with Crippen molar-refractivity contribution in [3.63, 3.8) is 0 Å². The fourth-order valence-electron chi connectivity index (χ4n) is 1.45. The summed E-state index contributed by atoms with van der Waals surface area (Å²) in [5.74, 6) is -3.29. The summed E-state index contributed by atoms with van der Waals surface area (Å²) in [6.07, 6.45) is 2.48. The van der Waals surface area contributed by atoms with E-state index in [0.717, 1.165) is 18.3 Å². The molecule has 0 spiro atoms. The minimum absolute atomic E-state index is 0.0155. The number of hydrogen-bond donors (Lipinski definition) is 1. The standard InChI is InChI=1S/C12H6ClF2NO2/c13-9-3-11(15)10(14)2-8(9)6-1-7(12(17)18)5-16-4-6/h1-5H,(H,17,18). The molecule has 92 valence electrons. The van der Waals surface area contributed by atoms with Crippen molar-refractivity contribution in [1.82, 2.24) is 4.98 Å². The molecular weight excluding hydrogens is 264 g/mol. The summed E-state index contributed by atoms with van der Waals surface area (Å²) in [4.78, 5) is 14.5. The highest BCUT2D eigenvalue weighted by molar-refractivity contribution is 6.33. The van der Waals surface area contributed by atoms with Gasteiger partial charge in [0.15, 0.2) is 11.6 Å². The van der Waals surface area contributed by atoms with Gasteiger partial charge in [0.1, 0.15) is 0 Å². The van der Waals surface area contributed by atoms with Gasteiger partial charge in [-0.3, -0.25) is 4.98 Å². The second kappa shape index (κ2) is 4.70. The predicted molar refractivity (Wildman–Crippen MR) is 61.6 cm³/mol. The molecule has 0 aliphatic carbocycles. The first-order valence-electron chi connectivity index (χ1n) is 4.82. The van der Waals surface area contributed by atoms with Gasteiger partial charge >= 0.3 is 5.97 Å². The van der Waals surface area contributed by atoms with Gasteiger partial charge in [0.25, 0.3) is 0 Å². The average Bonchev–Trinajstić information content (AvgIpc) is 2.34. The van der Waals surface area contributed by atoms with E-state index in [9.17, 15) is 13.6 Å². The Morgan fingerprint density at radius 1 is 1.17 bits per heavy atom. The van der Waals surface area contributed by atoms with Gasteiger partial charge in [-0.2, -0.15) is 0 Å². The Morgan fingerprint density at radius 2 is 1.83 bits per heavy atom. The maximum absolute atomic E-state index is 13.1. The molecule has 18 heavy (non-hydrogen) atoms. The molecule has 1 N–H and O–H groups in total. The van der Waals surface area contributed by atoms with Gasteiger partial charge in [0, 0.05) is 23.5 Å². The lowest BCUT2D eigenvalue weighted by atomic mass is 10.1. The van der Waals surface area contributed by atoms with Crippen LogP contribution in [-0.4, -0.2) is 16.1 Å². The second-order valence-corrected chi connectivity index (χ2v) is 3.92. The maximum Gasteiger partial charge on any atom is 0.337 e. The highest BCUT2D eigenvalue weighted by Gasteiger charge is 2.12. The van der Waals surface area contributed by atoms with Crippen LogP contribution in [0.15, 0.2) is 30.6 Å². The first-order valence-corrected chi connectivity index (χ1v) is 5.20. The molecule has 3 nitrogen and oxygen atoms in total. The Bertz CT molecular complexity index is 631. The lowest BCUT2D eigenvalue weighted by Crippen LogP contribution is -1.97. The van der Waals surface area contributed by atoms with Crippen LogP contribution in [0.25, 0.3) is 11.1 Å². The highest BCUT2D eigenvalue weighted by atomic mass is 35.5. The number of halogens is 3. The van der Waals surface area contributed by atoms with Crippen LogP contribution in [-0.2, 0) is 0 Å². The van der Waals surface area contributed by atoms with E-state index in [-0.39, 0.29) is 16.1 Å². The summed E-state index contributed by atoms with van der Waals surface area (Å²) < 4.78 is 26.0. The topological polar surface area (TPSA) is 50.2 Å². The van der Waals surface area contributed by atoms with Gasteiger partial charge in [0.05, 0.1) is 10.6 Å². The number of aromatic nitrogens is 1. The van der Waals surface area contributed by atoms with Crippen LogP contribution in [0.3, 0.4) is 0 Å². The summed E-state index contributed by atoms with van der Waals surface area (Å²) >= 11 is 5.79. The lowest BCUT2D eigenvalue weighted by molar-refractivity contribution is 0.0696. The Kier molecular flexibility index (Phi) is 3.25. The molecule has 0 aliphatic rings. The highest BCUT2D eigenvalue weighted by Crippen LogP contribution is 2.29. The smallest absolute Gasteiger partial charge is 0.337 e. The van der Waals surface area contributed by atoms with Crippen molar-refractivity contribution < 1.29 is 18.7 Å². The Morgan fingerprint density at radius 3 is 2.50 bits per heavy atom. The van der Waals surface area contributed by atoms with Crippen LogP contribution in [0.2, 0.25) is 5.02 Å². The fourth-order valence-corrected chi connectivity index (χ4v) is 1.71. The van der Waals surface area contributed by atoms with Crippen molar-refractivity contribution in [3.8, 4) is 11.1 Å². The fraction of sp³-hybridized carbons (Fsp3) is 0. The van der Waals surface area contributed by atoms with E-state index in [4.69, 9.17) is 16.7 Å². The number of aromatic carboxylic acids is 1. The lowest BCUT2D eigenvalue weighted by Gasteiger charge is -2.06. The molecule has 0 radical (unpaired) electrons. The number of carboxylic acids is 1. The van der Waals surface area contributed by atoms with E-state index in [0.29, 0.717) is 5.56 Å². The molecule has 1 aromatic carbocycles. The number of benzene rings is 1. The largest absolute Gasteiger partial charge is 0.478 e. The van der Waals surface area contributed by atoms with E-state index in [1.165, 1.54) is 12.3 Å². The van der Waals surface area contributed by atoms with E-state index in [1.54, 1.807) is 0 Å². The zero-order valence-electron chi connectivity index (χ0n) is 8.82. The monoisotopic (exact) mass is 269 g/mol. The molecule has 0 bridgehead atoms. The predicted octanol–water partition coefficient (Wildman–Crippen LogP) is 3.38. The van der Waals surface area contributed by atoms with Gasteiger partial charge in [-0.25, -0.2) is 13.6 Å². The van der Waals surface area contributed by atoms with Crippen LogP contribution in [0.4, 0.5) is 8.78 Å². The number of carboxylic acid groups (broad SMARTS) is 1. The molecule has 0 fully saturated rings. The third kappa shape index (κ3) is 2.31. The molecule has 6 heteroatoms. The molecule has 1 aromatic heterocycles. The molecule has 0 saturated heterocycles. The van der Waals surface area contributed by atoms with Crippen LogP contribution in [0.5, 0.6) is 0 Å².